The maximum atomic E-state index is 12.7. The van der Waals surface area contributed by atoms with Crippen LogP contribution in [0.2, 0.25) is 0 Å². The molecule has 1 aliphatic rings. The molecule has 1 fully saturated rings. The fraction of sp³-hybridized carbons (Fsp3) is 0.444. The minimum absolute atomic E-state index is 0.0620. The Morgan fingerprint density at radius 2 is 2.00 bits per heavy atom. The largest absolute Gasteiger partial charge is 0.396 e. The Morgan fingerprint density at radius 1 is 1.18 bits per heavy atom. The summed E-state index contributed by atoms with van der Waals surface area (Å²) in [6.07, 6.45) is 7.03. The van der Waals surface area contributed by atoms with Crippen LogP contribution in [0.1, 0.15) is 42.5 Å². The zero-order valence-corrected chi connectivity index (χ0v) is 12.7. The zero-order chi connectivity index (χ0) is 15.4. The fourth-order valence-electron chi connectivity index (χ4n) is 3.33. The van der Waals surface area contributed by atoms with E-state index in [-0.39, 0.29) is 24.5 Å². The van der Waals surface area contributed by atoms with Crippen LogP contribution in [0.3, 0.4) is 0 Å². The highest BCUT2D eigenvalue weighted by Gasteiger charge is 2.25. The number of aromatic nitrogens is 1. The van der Waals surface area contributed by atoms with Gasteiger partial charge in [-0.2, -0.15) is 0 Å². The van der Waals surface area contributed by atoms with Crippen molar-refractivity contribution in [3.05, 3.63) is 42.1 Å². The molecule has 2 aromatic rings. The van der Waals surface area contributed by atoms with Crippen LogP contribution in [0.4, 0.5) is 0 Å². The lowest BCUT2D eigenvalue weighted by molar-refractivity contribution is 0.0901. The van der Waals surface area contributed by atoms with E-state index >= 15 is 0 Å². The van der Waals surface area contributed by atoms with Gasteiger partial charge in [0.2, 0.25) is 0 Å². The van der Waals surface area contributed by atoms with Gasteiger partial charge in [-0.1, -0.05) is 37.5 Å². The lowest BCUT2D eigenvalue weighted by Gasteiger charge is -2.24. The molecule has 2 atom stereocenters. The number of carbonyl (C=O) groups excluding carboxylic acids is 1. The zero-order valence-electron chi connectivity index (χ0n) is 12.7. The average molecular weight is 298 g/mol. The third-order valence-corrected chi connectivity index (χ3v) is 4.60. The van der Waals surface area contributed by atoms with Gasteiger partial charge in [-0.25, -0.2) is 0 Å². The molecular weight excluding hydrogens is 276 g/mol. The van der Waals surface area contributed by atoms with Gasteiger partial charge >= 0.3 is 0 Å². The molecule has 0 radical (unpaired) electrons. The van der Waals surface area contributed by atoms with Crippen LogP contribution in [0.5, 0.6) is 0 Å². The normalized spacial score (nSPS) is 22.2. The molecule has 116 valence electrons. The lowest BCUT2D eigenvalue weighted by atomic mass is 9.95. The molecule has 1 saturated carbocycles. The SMILES string of the molecule is O=C(NC1CCCCCC1CO)c1ccnc2ccccc12. The van der Waals surface area contributed by atoms with Crippen molar-refractivity contribution in [3.8, 4) is 0 Å². The first-order chi connectivity index (χ1) is 10.8. The van der Waals surface area contributed by atoms with E-state index in [1.165, 1.54) is 6.42 Å². The number of nitrogens with one attached hydrogen (secondary N) is 1. The lowest BCUT2D eigenvalue weighted by Crippen LogP contribution is -2.41. The van der Waals surface area contributed by atoms with Crippen molar-refractivity contribution in [3.63, 3.8) is 0 Å². The van der Waals surface area contributed by atoms with Crippen molar-refractivity contribution in [2.75, 3.05) is 6.61 Å². The third kappa shape index (κ3) is 3.12. The highest BCUT2D eigenvalue weighted by atomic mass is 16.3. The first-order valence-corrected chi connectivity index (χ1v) is 8.05. The van der Waals surface area contributed by atoms with E-state index in [4.69, 9.17) is 0 Å². The molecule has 1 aromatic heterocycles. The number of fused-ring (bicyclic) bond motifs is 1. The second kappa shape index (κ2) is 6.88. The van der Waals surface area contributed by atoms with Crippen molar-refractivity contribution in [1.29, 1.82) is 0 Å². The Labute approximate surface area is 130 Å². The molecule has 0 spiro atoms. The van der Waals surface area contributed by atoms with Crippen molar-refractivity contribution in [2.24, 2.45) is 5.92 Å². The summed E-state index contributed by atoms with van der Waals surface area (Å²) < 4.78 is 0. The monoisotopic (exact) mass is 298 g/mol. The minimum Gasteiger partial charge on any atom is -0.396 e. The summed E-state index contributed by atoms with van der Waals surface area (Å²) in [6.45, 7) is 0.141. The van der Waals surface area contributed by atoms with E-state index < -0.39 is 0 Å². The molecule has 4 nitrogen and oxygen atoms in total. The number of aliphatic hydroxyl groups excluding tert-OH is 1. The first kappa shape index (κ1) is 15.0. The maximum absolute atomic E-state index is 12.7. The van der Waals surface area contributed by atoms with Gasteiger partial charge in [-0.15, -0.1) is 0 Å². The fourth-order valence-corrected chi connectivity index (χ4v) is 3.33. The van der Waals surface area contributed by atoms with E-state index in [0.717, 1.165) is 36.6 Å². The molecule has 0 aliphatic heterocycles. The van der Waals surface area contributed by atoms with Gasteiger partial charge < -0.3 is 10.4 Å². The first-order valence-electron chi connectivity index (χ1n) is 8.05. The number of rotatable bonds is 3. The van der Waals surface area contributed by atoms with E-state index in [1.807, 2.05) is 24.3 Å². The van der Waals surface area contributed by atoms with Crippen LogP contribution >= 0.6 is 0 Å². The number of aliphatic hydroxyl groups is 1. The molecule has 3 rings (SSSR count). The van der Waals surface area contributed by atoms with Gasteiger partial charge in [0.1, 0.15) is 0 Å². The number of benzene rings is 1. The number of carbonyl (C=O) groups is 1. The molecule has 1 aliphatic carbocycles. The average Bonchev–Trinajstić information content (AvgIpc) is 2.79. The molecule has 4 heteroatoms. The minimum atomic E-state index is -0.0658. The number of amides is 1. The number of pyridine rings is 1. The van der Waals surface area contributed by atoms with Crippen molar-refractivity contribution >= 4 is 16.8 Å². The van der Waals surface area contributed by atoms with Crippen LogP contribution in [-0.4, -0.2) is 28.6 Å². The van der Waals surface area contributed by atoms with Crippen molar-refractivity contribution in [2.45, 2.75) is 38.1 Å². The quantitative estimate of drug-likeness (QED) is 0.856. The Hall–Kier alpha value is -1.94. The summed E-state index contributed by atoms with van der Waals surface area (Å²) in [4.78, 5) is 17.0. The predicted molar refractivity (Wildman–Crippen MR) is 86.7 cm³/mol. The molecule has 22 heavy (non-hydrogen) atoms. The molecule has 1 aromatic carbocycles. The van der Waals surface area contributed by atoms with Gasteiger partial charge in [0.25, 0.3) is 5.91 Å². The molecule has 2 unspecified atom stereocenters. The summed E-state index contributed by atoms with van der Waals surface area (Å²) in [6, 6.07) is 9.50. The summed E-state index contributed by atoms with van der Waals surface area (Å²) in [5.74, 6) is 0.100. The van der Waals surface area contributed by atoms with E-state index in [2.05, 4.69) is 10.3 Å². The van der Waals surface area contributed by atoms with Crippen LogP contribution in [0.25, 0.3) is 10.9 Å². The Kier molecular flexibility index (Phi) is 4.68. The number of para-hydroxylation sites is 1. The number of hydrogen-bond acceptors (Lipinski definition) is 3. The summed E-state index contributed by atoms with van der Waals surface area (Å²) >= 11 is 0. The van der Waals surface area contributed by atoms with Gasteiger partial charge in [0.05, 0.1) is 11.1 Å². The number of hydrogen-bond donors (Lipinski definition) is 2. The second-order valence-corrected chi connectivity index (χ2v) is 6.04. The molecule has 0 bridgehead atoms. The van der Waals surface area contributed by atoms with Gasteiger partial charge in [0.15, 0.2) is 0 Å². The molecule has 2 N–H and O–H groups in total. The smallest absolute Gasteiger partial charge is 0.252 e. The van der Waals surface area contributed by atoms with Gasteiger partial charge in [0, 0.05) is 30.1 Å². The predicted octanol–water partition coefficient (Wildman–Crippen LogP) is 2.91. The summed E-state index contributed by atoms with van der Waals surface area (Å²) in [7, 11) is 0. The molecule has 0 saturated heterocycles. The van der Waals surface area contributed by atoms with Gasteiger partial charge in [-0.05, 0) is 25.0 Å². The van der Waals surface area contributed by atoms with E-state index in [1.54, 1.807) is 12.3 Å². The molecular formula is C18H22N2O2. The molecule has 1 amide bonds. The Balaban J connectivity index is 1.83. The maximum Gasteiger partial charge on any atom is 0.252 e. The van der Waals surface area contributed by atoms with Gasteiger partial charge in [-0.3, -0.25) is 9.78 Å². The van der Waals surface area contributed by atoms with Crippen molar-refractivity contribution < 1.29 is 9.90 Å². The van der Waals surface area contributed by atoms with E-state index in [9.17, 15) is 9.90 Å². The van der Waals surface area contributed by atoms with Crippen LogP contribution in [0, 0.1) is 5.92 Å². The standard InChI is InChI=1S/C18H22N2O2/c21-12-13-6-2-1-3-8-16(13)20-18(22)15-10-11-19-17-9-5-4-7-14(15)17/h4-5,7,9-11,13,16,21H,1-3,6,8,12H2,(H,20,22). The summed E-state index contributed by atoms with van der Waals surface area (Å²) in [5.41, 5.74) is 1.49. The van der Waals surface area contributed by atoms with Crippen molar-refractivity contribution in [1.82, 2.24) is 10.3 Å². The van der Waals surface area contributed by atoms with Crippen LogP contribution < -0.4 is 5.32 Å². The Bertz CT molecular complexity index is 651. The Morgan fingerprint density at radius 3 is 2.86 bits per heavy atom. The van der Waals surface area contributed by atoms with Crippen LogP contribution in [0.15, 0.2) is 36.5 Å². The van der Waals surface area contributed by atoms with Crippen LogP contribution in [-0.2, 0) is 0 Å². The highest BCUT2D eigenvalue weighted by molar-refractivity contribution is 6.06. The summed E-state index contributed by atoms with van der Waals surface area (Å²) in [5, 5.41) is 13.6. The number of nitrogens with zero attached hydrogens (tertiary/aromatic N) is 1. The molecule has 1 heterocycles. The van der Waals surface area contributed by atoms with E-state index in [0.29, 0.717) is 5.56 Å². The third-order valence-electron chi connectivity index (χ3n) is 4.60. The second-order valence-electron chi connectivity index (χ2n) is 6.04. The highest BCUT2D eigenvalue weighted by Crippen LogP contribution is 2.24. The topological polar surface area (TPSA) is 62.2 Å².